The molecule has 0 spiro atoms. The van der Waals surface area contributed by atoms with Gasteiger partial charge in [0, 0.05) is 11.8 Å². The van der Waals surface area contributed by atoms with Gasteiger partial charge >= 0.3 is 5.97 Å². The first kappa shape index (κ1) is 22.7. The quantitative estimate of drug-likeness (QED) is 0.475. The maximum absolute atomic E-state index is 13.1. The number of carbonyl (C=O) groups excluding carboxylic acids is 1. The number of ketones is 1. The molecular weight excluding hydrogens is 396 g/mol. The molecular formula is C29H44O3. The lowest BCUT2D eigenvalue weighted by atomic mass is 9.34. The highest BCUT2D eigenvalue weighted by molar-refractivity contribution is 5.88. The molecule has 0 heterocycles. The molecule has 0 aliphatic heterocycles. The third-order valence-corrected chi connectivity index (χ3v) is 12.9. The Kier molecular flexibility index (Phi) is 4.61. The highest BCUT2D eigenvalue weighted by Crippen LogP contribution is 2.77. The molecule has 5 rings (SSSR count). The Bertz CT molecular complexity index is 887. The van der Waals surface area contributed by atoms with E-state index in [0.29, 0.717) is 29.5 Å². The van der Waals surface area contributed by atoms with Crippen LogP contribution < -0.4 is 0 Å². The van der Waals surface area contributed by atoms with Gasteiger partial charge in [0.1, 0.15) is 5.78 Å². The standard InChI is InChI=1S/C29H44O3/c1-17(2)18-10-13-29(24(31)32)15-14-27(6)19(23(18)29)8-9-21-26(5)16-22(30)25(3,4)20(26)11-12-28(21,27)7/h18-21,23H,1,8-16H2,2-7H3,(H,31,32)/t18-,19+,20?,21+,23?,26-,27?,28+,29?/m0/s1. The van der Waals surface area contributed by atoms with E-state index in [4.69, 9.17) is 0 Å². The number of carboxylic acids is 1. The zero-order valence-corrected chi connectivity index (χ0v) is 21.2. The van der Waals surface area contributed by atoms with Crippen molar-refractivity contribution < 1.29 is 14.7 Å². The van der Waals surface area contributed by atoms with E-state index in [-0.39, 0.29) is 27.6 Å². The molecule has 32 heavy (non-hydrogen) atoms. The van der Waals surface area contributed by atoms with Crippen LogP contribution in [0.3, 0.4) is 0 Å². The van der Waals surface area contributed by atoms with Crippen molar-refractivity contribution in [2.75, 3.05) is 0 Å². The molecule has 0 saturated heterocycles. The minimum Gasteiger partial charge on any atom is -0.481 e. The van der Waals surface area contributed by atoms with Gasteiger partial charge < -0.3 is 5.11 Å². The molecule has 5 aliphatic rings. The van der Waals surface area contributed by atoms with Crippen molar-refractivity contribution in [3.8, 4) is 0 Å². The van der Waals surface area contributed by atoms with E-state index in [2.05, 4.69) is 48.1 Å². The number of carboxylic acid groups (broad SMARTS) is 1. The van der Waals surface area contributed by atoms with Crippen LogP contribution in [0.2, 0.25) is 0 Å². The van der Waals surface area contributed by atoms with E-state index >= 15 is 0 Å². The number of fused-ring (bicyclic) bond motifs is 7. The van der Waals surface area contributed by atoms with Gasteiger partial charge in [0.15, 0.2) is 0 Å². The van der Waals surface area contributed by atoms with Crippen LogP contribution in [0.15, 0.2) is 12.2 Å². The first-order chi connectivity index (χ1) is 14.8. The van der Waals surface area contributed by atoms with Crippen molar-refractivity contribution in [2.45, 2.75) is 99.3 Å². The van der Waals surface area contributed by atoms with Gasteiger partial charge in [-0.3, -0.25) is 9.59 Å². The first-order valence-electron chi connectivity index (χ1n) is 13.2. The van der Waals surface area contributed by atoms with Gasteiger partial charge in [-0.2, -0.15) is 0 Å². The SMILES string of the molecule is C=C(C)[C@@H]1CCC2(C(=O)O)CCC3(C)[C@H](CC[C@@H]4[C@@]5(C)CC(=O)C(C)(C)C5CC[C@]43C)C12. The molecule has 178 valence electrons. The predicted molar refractivity (Wildman–Crippen MR) is 127 cm³/mol. The van der Waals surface area contributed by atoms with E-state index in [1.54, 1.807) is 0 Å². The molecule has 0 bridgehead atoms. The number of allylic oxidation sites excluding steroid dienone is 1. The Hall–Kier alpha value is -1.12. The third-order valence-electron chi connectivity index (χ3n) is 12.9. The minimum atomic E-state index is -0.556. The van der Waals surface area contributed by atoms with Gasteiger partial charge in [0.05, 0.1) is 5.41 Å². The van der Waals surface area contributed by atoms with Crippen LogP contribution in [0.5, 0.6) is 0 Å². The van der Waals surface area contributed by atoms with Gasteiger partial charge in [-0.25, -0.2) is 0 Å². The van der Waals surface area contributed by atoms with Crippen LogP contribution in [0, 0.1) is 56.7 Å². The molecule has 0 radical (unpaired) electrons. The largest absolute Gasteiger partial charge is 0.481 e. The smallest absolute Gasteiger partial charge is 0.309 e. The molecule has 4 unspecified atom stereocenters. The molecule has 1 N–H and O–H groups in total. The minimum absolute atomic E-state index is 0.0896. The number of hydrogen-bond donors (Lipinski definition) is 1. The van der Waals surface area contributed by atoms with Crippen LogP contribution in [0.1, 0.15) is 99.3 Å². The lowest BCUT2D eigenvalue weighted by Gasteiger charge is -2.70. The number of aliphatic carboxylic acids is 1. The van der Waals surface area contributed by atoms with E-state index in [9.17, 15) is 14.7 Å². The molecule has 3 heteroatoms. The zero-order chi connectivity index (χ0) is 23.5. The van der Waals surface area contributed by atoms with Gasteiger partial charge in [-0.1, -0.05) is 46.8 Å². The van der Waals surface area contributed by atoms with E-state index in [1.165, 1.54) is 12.0 Å². The molecule has 5 saturated carbocycles. The average molecular weight is 441 g/mol. The maximum Gasteiger partial charge on any atom is 0.309 e. The summed E-state index contributed by atoms with van der Waals surface area (Å²) in [7, 11) is 0. The topological polar surface area (TPSA) is 54.4 Å². The molecule has 0 aromatic heterocycles. The van der Waals surface area contributed by atoms with Crippen LogP contribution in [-0.4, -0.2) is 16.9 Å². The van der Waals surface area contributed by atoms with Crippen molar-refractivity contribution in [3.05, 3.63) is 12.2 Å². The summed E-state index contributed by atoms with van der Waals surface area (Å²) >= 11 is 0. The number of Topliss-reactive ketones (excluding diaryl/α,β-unsaturated/α-hetero) is 1. The molecule has 0 aromatic carbocycles. The second kappa shape index (κ2) is 6.51. The summed E-state index contributed by atoms with van der Waals surface area (Å²) in [5.74, 6) is 1.96. The van der Waals surface area contributed by atoms with Gasteiger partial charge in [-0.05, 0) is 104 Å². The van der Waals surface area contributed by atoms with Crippen LogP contribution in [0.25, 0.3) is 0 Å². The second-order valence-corrected chi connectivity index (χ2v) is 14.0. The van der Waals surface area contributed by atoms with Gasteiger partial charge in [-0.15, -0.1) is 0 Å². The Balaban J connectivity index is 1.58. The van der Waals surface area contributed by atoms with E-state index < -0.39 is 11.4 Å². The summed E-state index contributed by atoms with van der Waals surface area (Å²) in [6.45, 7) is 18.3. The van der Waals surface area contributed by atoms with Crippen LogP contribution in [0.4, 0.5) is 0 Å². The molecule has 0 aromatic rings. The first-order valence-corrected chi connectivity index (χ1v) is 13.2. The zero-order valence-electron chi connectivity index (χ0n) is 21.2. The molecule has 5 aliphatic carbocycles. The summed E-state index contributed by atoms with van der Waals surface area (Å²) in [6, 6.07) is 0. The summed E-state index contributed by atoms with van der Waals surface area (Å²) in [6.07, 6.45) is 8.99. The number of hydrogen-bond acceptors (Lipinski definition) is 2. The Morgan fingerprint density at radius 3 is 2.22 bits per heavy atom. The second-order valence-electron chi connectivity index (χ2n) is 14.0. The fourth-order valence-corrected chi connectivity index (χ4v) is 11.1. The van der Waals surface area contributed by atoms with E-state index in [0.717, 1.165) is 51.4 Å². The van der Waals surface area contributed by atoms with Crippen molar-refractivity contribution >= 4 is 11.8 Å². The van der Waals surface area contributed by atoms with Gasteiger partial charge in [0.25, 0.3) is 0 Å². The van der Waals surface area contributed by atoms with Crippen molar-refractivity contribution in [2.24, 2.45) is 56.7 Å². The average Bonchev–Trinajstić information content (AvgIpc) is 3.17. The van der Waals surface area contributed by atoms with Gasteiger partial charge in [0.2, 0.25) is 0 Å². The summed E-state index contributed by atoms with van der Waals surface area (Å²) < 4.78 is 0. The van der Waals surface area contributed by atoms with Crippen LogP contribution >= 0.6 is 0 Å². The van der Waals surface area contributed by atoms with Crippen molar-refractivity contribution in [3.63, 3.8) is 0 Å². The summed E-state index contributed by atoms with van der Waals surface area (Å²) in [5.41, 5.74) is 0.842. The normalized spacial score (nSPS) is 53.7. The Labute approximate surface area is 194 Å². The summed E-state index contributed by atoms with van der Waals surface area (Å²) in [5, 5.41) is 10.5. The molecule has 5 fully saturated rings. The molecule has 3 nitrogen and oxygen atoms in total. The fourth-order valence-electron chi connectivity index (χ4n) is 11.1. The van der Waals surface area contributed by atoms with Crippen molar-refractivity contribution in [1.82, 2.24) is 0 Å². The van der Waals surface area contributed by atoms with Crippen LogP contribution in [-0.2, 0) is 9.59 Å². The predicted octanol–water partition coefficient (Wildman–Crippen LogP) is 6.91. The summed E-state index contributed by atoms with van der Waals surface area (Å²) in [4.78, 5) is 25.8. The number of carbonyl (C=O) groups is 2. The molecule has 9 atom stereocenters. The Morgan fingerprint density at radius 2 is 1.59 bits per heavy atom. The molecule has 0 amide bonds. The highest BCUT2D eigenvalue weighted by atomic mass is 16.4. The highest BCUT2D eigenvalue weighted by Gasteiger charge is 2.73. The van der Waals surface area contributed by atoms with Crippen molar-refractivity contribution in [1.29, 1.82) is 0 Å². The van der Waals surface area contributed by atoms with E-state index in [1.807, 2.05) is 0 Å². The number of rotatable bonds is 2. The Morgan fingerprint density at radius 1 is 0.906 bits per heavy atom. The monoisotopic (exact) mass is 440 g/mol. The lowest BCUT2D eigenvalue weighted by Crippen LogP contribution is -2.64. The fraction of sp³-hybridized carbons (Fsp3) is 0.862. The third kappa shape index (κ3) is 2.39. The maximum atomic E-state index is 13.1. The lowest BCUT2D eigenvalue weighted by molar-refractivity contribution is -0.221.